The largest absolute Gasteiger partial charge is 0.477 e. The molecule has 0 atom stereocenters. The topological polar surface area (TPSA) is 87.5 Å². The Morgan fingerprint density at radius 1 is 1.10 bits per heavy atom. The summed E-state index contributed by atoms with van der Waals surface area (Å²) in [6.45, 7) is 2.07. The van der Waals surface area contributed by atoms with Gasteiger partial charge in [-0.2, -0.15) is 0 Å². The quantitative estimate of drug-likeness (QED) is 0.694. The smallest absolute Gasteiger partial charge is 0.341 e. The number of fused-ring (bicyclic) bond motifs is 1. The summed E-state index contributed by atoms with van der Waals surface area (Å²) < 4.78 is 44.4. The molecule has 0 aliphatic carbocycles. The van der Waals surface area contributed by atoms with E-state index >= 15 is 0 Å². The van der Waals surface area contributed by atoms with Crippen molar-refractivity contribution in [1.82, 2.24) is 14.9 Å². The lowest BCUT2D eigenvalue weighted by molar-refractivity contribution is 0.0695. The van der Waals surface area contributed by atoms with Gasteiger partial charge in [-0.15, -0.1) is 0 Å². The van der Waals surface area contributed by atoms with Gasteiger partial charge in [-0.25, -0.2) is 22.9 Å². The molecular weight excluding hydrogens is 389 g/mol. The zero-order valence-electron chi connectivity index (χ0n) is 15.0. The Hall–Kier alpha value is -3.40. The van der Waals surface area contributed by atoms with Crippen molar-refractivity contribution in [2.45, 2.75) is 0 Å². The summed E-state index contributed by atoms with van der Waals surface area (Å²) >= 11 is 0. The first kappa shape index (κ1) is 18.9. The maximum absolute atomic E-state index is 14.7. The number of carbonyl (C=O) groups is 1. The number of anilines is 1. The van der Waals surface area contributed by atoms with Gasteiger partial charge in [-0.05, 0) is 18.2 Å². The molecule has 3 heterocycles. The number of aromatic nitrogens is 2. The second-order valence-corrected chi connectivity index (χ2v) is 6.52. The molecule has 29 heavy (non-hydrogen) atoms. The van der Waals surface area contributed by atoms with Crippen LogP contribution in [0.25, 0.3) is 16.7 Å². The van der Waals surface area contributed by atoms with Gasteiger partial charge >= 0.3 is 5.97 Å². The van der Waals surface area contributed by atoms with Crippen molar-refractivity contribution in [3.05, 3.63) is 63.7 Å². The fourth-order valence-corrected chi connectivity index (χ4v) is 3.35. The number of pyridine rings is 2. The minimum Gasteiger partial charge on any atom is -0.477 e. The lowest BCUT2D eigenvalue weighted by Gasteiger charge is -2.29. The Bertz CT molecular complexity index is 1170. The first-order valence-electron chi connectivity index (χ1n) is 8.77. The van der Waals surface area contributed by atoms with Crippen LogP contribution in [0.5, 0.6) is 0 Å². The molecule has 0 spiro atoms. The third-order valence-electron chi connectivity index (χ3n) is 4.74. The molecule has 10 heteroatoms. The number of hydrogen-bond donors (Lipinski definition) is 2. The van der Waals surface area contributed by atoms with E-state index in [1.807, 2.05) is 0 Å². The Morgan fingerprint density at radius 3 is 2.38 bits per heavy atom. The zero-order valence-corrected chi connectivity index (χ0v) is 15.0. The number of halogens is 3. The van der Waals surface area contributed by atoms with Gasteiger partial charge in [0, 0.05) is 32.4 Å². The Kier molecular flexibility index (Phi) is 4.71. The number of carboxylic acids is 1. The van der Waals surface area contributed by atoms with Crippen LogP contribution in [-0.4, -0.2) is 46.8 Å². The molecule has 0 radical (unpaired) electrons. The van der Waals surface area contributed by atoms with E-state index in [0.717, 1.165) is 35.0 Å². The molecule has 7 nitrogen and oxygen atoms in total. The van der Waals surface area contributed by atoms with Crippen molar-refractivity contribution >= 4 is 22.8 Å². The van der Waals surface area contributed by atoms with Crippen LogP contribution in [0.15, 0.2) is 35.3 Å². The van der Waals surface area contributed by atoms with Crippen LogP contribution in [0.2, 0.25) is 0 Å². The number of benzene rings is 1. The molecule has 2 N–H and O–H groups in total. The van der Waals surface area contributed by atoms with Crippen molar-refractivity contribution in [2.24, 2.45) is 0 Å². The highest BCUT2D eigenvalue weighted by Crippen LogP contribution is 2.26. The summed E-state index contributed by atoms with van der Waals surface area (Å²) in [5.41, 5.74) is -2.58. The number of piperazine rings is 1. The monoisotopic (exact) mass is 404 g/mol. The van der Waals surface area contributed by atoms with E-state index in [2.05, 4.69) is 10.3 Å². The number of rotatable bonds is 3. The van der Waals surface area contributed by atoms with Crippen LogP contribution in [0, 0.1) is 17.5 Å². The molecule has 1 aliphatic heterocycles. The zero-order chi connectivity index (χ0) is 20.7. The van der Waals surface area contributed by atoms with Gasteiger partial charge in [0.1, 0.15) is 22.9 Å². The number of aromatic carboxylic acids is 1. The van der Waals surface area contributed by atoms with Gasteiger partial charge in [-0.1, -0.05) is 6.07 Å². The minimum atomic E-state index is -1.60. The maximum atomic E-state index is 14.7. The first-order valence-corrected chi connectivity index (χ1v) is 8.77. The van der Waals surface area contributed by atoms with Crippen LogP contribution in [-0.2, 0) is 0 Å². The summed E-state index contributed by atoms with van der Waals surface area (Å²) in [4.78, 5) is 29.9. The number of carboxylic acid groups (broad SMARTS) is 1. The molecule has 1 aromatic carbocycles. The predicted octanol–water partition coefficient (Wildman–Crippen LogP) is 1.91. The second kappa shape index (κ2) is 7.21. The Balaban J connectivity index is 2.08. The summed E-state index contributed by atoms with van der Waals surface area (Å²) in [5.74, 6) is -4.47. The minimum absolute atomic E-state index is 0.0769. The predicted molar refractivity (Wildman–Crippen MR) is 99.3 cm³/mol. The van der Waals surface area contributed by atoms with Crippen LogP contribution in [0.1, 0.15) is 10.4 Å². The number of nitrogens with one attached hydrogen (secondary N) is 1. The summed E-state index contributed by atoms with van der Waals surface area (Å²) in [5, 5.41) is 12.1. The number of para-hydroxylation sites is 1. The van der Waals surface area contributed by atoms with Crippen molar-refractivity contribution < 1.29 is 23.1 Å². The normalized spacial score (nSPS) is 14.4. The molecule has 1 saturated heterocycles. The molecule has 0 saturated carbocycles. The average molecular weight is 404 g/mol. The Morgan fingerprint density at radius 2 is 1.76 bits per heavy atom. The molecule has 2 aromatic heterocycles. The van der Waals surface area contributed by atoms with Gasteiger partial charge < -0.3 is 15.3 Å². The standard InChI is InChI=1S/C19H15F3N4O3/c20-12-2-1-3-13(21)15(12)26-9-11(19(28)29)16(27)10-8-14(22)18(24-17(10)26)25-6-4-23-5-7-25/h1-3,8-9,23H,4-7H2,(H,28,29). The van der Waals surface area contributed by atoms with Crippen LogP contribution >= 0.6 is 0 Å². The highest BCUT2D eigenvalue weighted by Gasteiger charge is 2.24. The fraction of sp³-hybridized carbons (Fsp3) is 0.211. The van der Waals surface area contributed by atoms with Crippen molar-refractivity contribution in [3.63, 3.8) is 0 Å². The van der Waals surface area contributed by atoms with Crippen molar-refractivity contribution in [1.29, 1.82) is 0 Å². The van der Waals surface area contributed by atoms with E-state index < -0.39 is 40.1 Å². The van der Waals surface area contributed by atoms with Crippen molar-refractivity contribution in [2.75, 3.05) is 31.1 Å². The van der Waals surface area contributed by atoms with E-state index in [1.54, 1.807) is 4.90 Å². The Labute approximate surface area is 162 Å². The van der Waals surface area contributed by atoms with Crippen LogP contribution < -0.4 is 15.6 Å². The van der Waals surface area contributed by atoms with Gasteiger partial charge in [-0.3, -0.25) is 9.36 Å². The van der Waals surface area contributed by atoms with E-state index in [4.69, 9.17) is 0 Å². The molecule has 0 bridgehead atoms. The lowest BCUT2D eigenvalue weighted by atomic mass is 10.1. The van der Waals surface area contributed by atoms with Gasteiger partial charge in [0.05, 0.1) is 5.39 Å². The molecule has 0 unspecified atom stereocenters. The molecule has 3 aromatic rings. The van der Waals surface area contributed by atoms with E-state index in [1.165, 1.54) is 0 Å². The van der Waals surface area contributed by atoms with E-state index in [9.17, 15) is 27.9 Å². The fourth-order valence-electron chi connectivity index (χ4n) is 3.35. The average Bonchev–Trinajstić information content (AvgIpc) is 2.69. The third kappa shape index (κ3) is 3.21. The molecular formula is C19H15F3N4O3. The van der Waals surface area contributed by atoms with E-state index in [-0.39, 0.29) is 16.9 Å². The molecule has 4 rings (SSSR count). The molecule has 150 valence electrons. The van der Waals surface area contributed by atoms with Crippen LogP contribution in [0.3, 0.4) is 0 Å². The highest BCUT2D eigenvalue weighted by molar-refractivity contribution is 5.92. The van der Waals surface area contributed by atoms with E-state index in [0.29, 0.717) is 26.2 Å². The van der Waals surface area contributed by atoms with Crippen LogP contribution in [0.4, 0.5) is 19.0 Å². The number of nitrogens with zero attached hydrogens (tertiary/aromatic N) is 3. The molecule has 1 fully saturated rings. The van der Waals surface area contributed by atoms with Gasteiger partial charge in [0.25, 0.3) is 0 Å². The molecule has 0 amide bonds. The van der Waals surface area contributed by atoms with Gasteiger partial charge in [0.2, 0.25) is 5.43 Å². The first-order chi connectivity index (χ1) is 13.9. The third-order valence-corrected chi connectivity index (χ3v) is 4.74. The molecule has 1 aliphatic rings. The number of hydrogen-bond acceptors (Lipinski definition) is 5. The lowest BCUT2D eigenvalue weighted by Crippen LogP contribution is -2.44. The summed E-state index contributed by atoms with van der Waals surface area (Å²) in [6, 6.07) is 3.99. The van der Waals surface area contributed by atoms with Crippen molar-refractivity contribution in [3.8, 4) is 5.69 Å². The second-order valence-electron chi connectivity index (χ2n) is 6.52. The maximum Gasteiger partial charge on any atom is 0.341 e. The summed E-state index contributed by atoms with van der Waals surface area (Å²) in [7, 11) is 0. The SMILES string of the molecule is O=C(O)c1cn(-c2c(F)cccc2F)c2nc(N3CCNCC3)c(F)cc2c1=O. The van der Waals surface area contributed by atoms with Gasteiger partial charge in [0.15, 0.2) is 17.3 Å². The highest BCUT2D eigenvalue weighted by atomic mass is 19.1. The summed E-state index contributed by atoms with van der Waals surface area (Å²) in [6.07, 6.45) is 0.806.